The molecule has 1 aromatic heterocycles. The van der Waals surface area contributed by atoms with Crippen molar-refractivity contribution in [1.29, 1.82) is 0 Å². The summed E-state index contributed by atoms with van der Waals surface area (Å²) in [6.45, 7) is 1.33. The molecule has 0 radical (unpaired) electrons. The first kappa shape index (κ1) is 14.6. The predicted octanol–water partition coefficient (Wildman–Crippen LogP) is 3.31. The molecule has 0 saturated carbocycles. The van der Waals surface area contributed by atoms with Crippen molar-refractivity contribution < 1.29 is 13.9 Å². The number of nitrogens with zero attached hydrogens (tertiary/aromatic N) is 3. The van der Waals surface area contributed by atoms with Crippen LogP contribution in [0.1, 0.15) is 6.92 Å². The number of nitroso groups, excluding NO2 is 1. The highest BCUT2D eigenvalue weighted by Crippen LogP contribution is 2.30. The molecule has 6 nitrogen and oxygen atoms in total. The number of carbonyl (C=O) groups is 1. The Morgan fingerprint density at radius 1 is 1.33 bits per heavy atom. The summed E-state index contributed by atoms with van der Waals surface area (Å²) in [5.74, 6) is -0.670. The van der Waals surface area contributed by atoms with Gasteiger partial charge in [-0.3, -0.25) is 9.69 Å². The maximum absolute atomic E-state index is 13.5. The van der Waals surface area contributed by atoms with Gasteiger partial charge < -0.3 is 4.74 Å². The molecule has 7 heteroatoms. The summed E-state index contributed by atoms with van der Waals surface area (Å²) in [4.78, 5) is 27.7. The molecule has 0 aliphatic carbocycles. The summed E-state index contributed by atoms with van der Waals surface area (Å²) in [5, 5.41) is 2.80. The lowest BCUT2D eigenvalue weighted by molar-refractivity contribution is -0.115. The fourth-order valence-electron chi connectivity index (χ4n) is 1.85. The molecule has 0 saturated heterocycles. The lowest BCUT2D eigenvalue weighted by atomic mass is 10.2. The lowest BCUT2D eigenvalue weighted by Crippen LogP contribution is -2.23. The molecule has 0 spiro atoms. The van der Waals surface area contributed by atoms with E-state index in [0.29, 0.717) is 5.69 Å². The van der Waals surface area contributed by atoms with Gasteiger partial charge in [-0.05, 0) is 23.4 Å². The zero-order chi connectivity index (χ0) is 15.4. The van der Waals surface area contributed by atoms with Crippen LogP contribution < -0.4 is 9.64 Å². The topological polar surface area (TPSA) is 71.9 Å². The smallest absolute Gasteiger partial charge is 0.229 e. The Labute approximate surface area is 120 Å². The van der Waals surface area contributed by atoms with E-state index >= 15 is 0 Å². The summed E-state index contributed by atoms with van der Waals surface area (Å²) < 4.78 is 18.3. The van der Waals surface area contributed by atoms with E-state index in [4.69, 9.17) is 4.74 Å². The van der Waals surface area contributed by atoms with Crippen LogP contribution in [0, 0.1) is 10.7 Å². The van der Waals surface area contributed by atoms with Crippen LogP contribution in [0.2, 0.25) is 0 Å². The number of ether oxygens (including phenoxy) is 1. The average Bonchev–Trinajstić information content (AvgIpc) is 2.49. The van der Waals surface area contributed by atoms with E-state index < -0.39 is 5.82 Å². The van der Waals surface area contributed by atoms with Gasteiger partial charge in [0.05, 0.1) is 12.8 Å². The highest BCUT2D eigenvalue weighted by atomic mass is 19.1. The number of carbonyl (C=O) groups excluding carboxylic acids is 1. The van der Waals surface area contributed by atoms with E-state index in [2.05, 4.69) is 10.2 Å². The van der Waals surface area contributed by atoms with E-state index in [1.807, 2.05) is 0 Å². The van der Waals surface area contributed by atoms with Crippen molar-refractivity contribution >= 4 is 23.1 Å². The van der Waals surface area contributed by atoms with Gasteiger partial charge in [0.25, 0.3) is 0 Å². The number of amides is 1. The van der Waals surface area contributed by atoms with Crippen LogP contribution in [0.25, 0.3) is 0 Å². The summed E-state index contributed by atoms with van der Waals surface area (Å²) in [7, 11) is 1.33. The largest absolute Gasteiger partial charge is 0.494 e. The monoisotopic (exact) mass is 289 g/mol. The number of methoxy groups -OCH3 is 1. The molecule has 21 heavy (non-hydrogen) atoms. The van der Waals surface area contributed by atoms with Crippen LogP contribution in [0.3, 0.4) is 0 Å². The summed E-state index contributed by atoms with van der Waals surface area (Å²) in [5.41, 5.74) is 0.511. The Kier molecular flexibility index (Phi) is 4.22. The third-order valence-corrected chi connectivity index (χ3v) is 2.77. The second kappa shape index (κ2) is 6.08. The lowest BCUT2D eigenvalue weighted by Gasteiger charge is -2.20. The van der Waals surface area contributed by atoms with Gasteiger partial charge in [0.1, 0.15) is 11.5 Å². The third kappa shape index (κ3) is 3.02. The molecule has 0 atom stereocenters. The Morgan fingerprint density at radius 2 is 2.10 bits per heavy atom. The first-order valence-electron chi connectivity index (χ1n) is 6.00. The molecule has 0 fully saturated rings. The van der Waals surface area contributed by atoms with Crippen molar-refractivity contribution in [3.05, 3.63) is 47.3 Å². The summed E-state index contributed by atoms with van der Waals surface area (Å²) >= 11 is 0. The molecular weight excluding hydrogens is 277 g/mol. The Balaban J connectivity index is 2.53. The van der Waals surface area contributed by atoms with E-state index in [9.17, 15) is 14.1 Å². The Bertz CT molecular complexity index is 691. The maximum Gasteiger partial charge on any atom is 0.229 e. The van der Waals surface area contributed by atoms with Gasteiger partial charge >= 0.3 is 0 Å². The van der Waals surface area contributed by atoms with Crippen LogP contribution in [-0.4, -0.2) is 18.0 Å². The van der Waals surface area contributed by atoms with Gasteiger partial charge in [0, 0.05) is 25.3 Å². The van der Waals surface area contributed by atoms with E-state index in [-0.39, 0.29) is 23.2 Å². The minimum atomic E-state index is -0.541. The molecule has 2 rings (SSSR count). The van der Waals surface area contributed by atoms with Crippen molar-refractivity contribution in [3.63, 3.8) is 0 Å². The minimum Gasteiger partial charge on any atom is -0.494 e. The SMILES string of the molecule is COc1cc(N(C(C)=O)c2cc(N=O)ccn2)ccc1F. The molecule has 1 aromatic carbocycles. The third-order valence-electron chi connectivity index (χ3n) is 2.77. The van der Waals surface area contributed by atoms with E-state index in [0.717, 1.165) is 0 Å². The fraction of sp³-hybridized carbons (Fsp3) is 0.143. The number of anilines is 2. The van der Waals surface area contributed by atoms with Crippen molar-refractivity contribution in [2.75, 3.05) is 12.0 Å². The van der Waals surface area contributed by atoms with E-state index in [1.54, 1.807) is 0 Å². The molecular formula is C14H12FN3O3. The number of hydrogen-bond acceptors (Lipinski definition) is 5. The van der Waals surface area contributed by atoms with Gasteiger partial charge in [0.2, 0.25) is 5.91 Å². The highest BCUT2D eigenvalue weighted by Gasteiger charge is 2.18. The highest BCUT2D eigenvalue weighted by molar-refractivity contribution is 5.98. The molecule has 2 aromatic rings. The van der Waals surface area contributed by atoms with Crippen molar-refractivity contribution in [3.8, 4) is 5.75 Å². The van der Waals surface area contributed by atoms with Gasteiger partial charge in [0.15, 0.2) is 11.6 Å². The summed E-state index contributed by atoms with van der Waals surface area (Å²) in [6, 6.07) is 6.76. The number of halogens is 1. The minimum absolute atomic E-state index is 0.00316. The van der Waals surface area contributed by atoms with Crippen molar-refractivity contribution in [2.24, 2.45) is 5.18 Å². The average molecular weight is 289 g/mol. The van der Waals surface area contributed by atoms with E-state index in [1.165, 1.54) is 55.5 Å². The molecule has 0 N–H and O–H groups in total. The molecule has 108 valence electrons. The van der Waals surface area contributed by atoms with Crippen LogP contribution in [-0.2, 0) is 4.79 Å². The Morgan fingerprint density at radius 3 is 2.71 bits per heavy atom. The van der Waals surface area contributed by atoms with Crippen molar-refractivity contribution in [1.82, 2.24) is 4.98 Å². The van der Waals surface area contributed by atoms with Crippen LogP contribution in [0.4, 0.5) is 21.6 Å². The number of aromatic nitrogens is 1. The second-order valence-electron chi connectivity index (χ2n) is 4.14. The molecule has 0 aliphatic heterocycles. The van der Waals surface area contributed by atoms with Gasteiger partial charge in [-0.1, -0.05) is 0 Å². The van der Waals surface area contributed by atoms with Crippen LogP contribution >= 0.6 is 0 Å². The van der Waals surface area contributed by atoms with Crippen LogP contribution in [0.15, 0.2) is 41.7 Å². The molecule has 1 amide bonds. The molecule has 1 heterocycles. The zero-order valence-corrected chi connectivity index (χ0v) is 11.4. The number of hydrogen-bond donors (Lipinski definition) is 0. The number of rotatable bonds is 4. The van der Waals surface area contributed by atoms with Crippen molar-refractivity contribution in [2.45, 2.75) is 6.92 Å². The van der Waals surface area contributed by atoms with Gasteiger partial charge in [-0.15, -0.1) is 4.91 Å². The normalized spacial score (nSPS) is 10.0. The predicted molar refractivity (Wildman–Crippen MR) is 75.5 cm³/mol. The molecule has 0 unspecified atom stereocenters. The van der Waals surface area contributed by atoms with Gasteiger partial charge in [-0.25, -0.2) is 9.37 Å². The second-order valence-corrected chi connectivity index (χ2v) is 4.14. The standard InChI is InChI=1S/C14H12FN3O3/c1-9(19)18(14-7-10(17-20)5-6-16-14)11-3-4-12(15)13(8-11)21-2/h3-8H,1-2H3. The van der Waals surface area contributed by atoms with Crippen LogP contribution in [0.5, 0.6) is 5.75 Å². The first-order chi connectivity index (χ1) is 10.1. The first-order valence-corrected chi connectivity index (χ1v) is 6.00. The van der Waals surface area contributed by atoms with Gasteiger partial charge in [-0.2, -0.15) is 0 Å². The Hall–Kier alpha value is -2.83. The summed E-state index contributed by atoms with van der Waals surface area (Å²) in [6.07, 6.45) is 1.36. The molecule has 0 bridgehead atoms. The fourth-order valence-corrected chi connectivity index (χ4v) is 1.85. The quantitative estimate of drug-likeness (QED) is 0.809. The number of pyridine rings is 1. The maximum atomic E-state index is 13.5. The zero-order valence-electron chi connectivity index (χ0n) is 11.4. The number of benzene rings is 1. The molecule has 0 aliphatic rings.